The van der Waals surface area contributed by atoms with E-state index in [0.717, 1.165) is 24.8 Å². The van der Waals surface area contributed by atoms with Crippen LogP contribution in [0.25, 0.3) is 0 Å². The summed E-state index contributed by atoms with van der Waals surface area (Å²) in [5.41, 5.74) is -1.47. The van der Waals surface area contributed by atoms with Gasteiger partial charge in [-0.3, -0.25) is 0 Å². The minimum absolute atomic E-state index is 0.0508. The Labute approximate surface area is 439 Å². The Morgan fingerprint density at radius 3 is 1.69 bits per heavy atom. The number of aliphatic hydroxyl groups excluding tert-OH is 14. The summed E-state index contributed by atoms with van der Waals surface area (Å²) in [6.45, 7) is 14.9. The Bertz CT molecular complexity index is 1940. The average Bonchev–Trinajstić information content (AvgIpc) is 3.89. The third-order valence-corrected chi connectivity index (χ3v) is 20.5. The van der Waals surface area contributed by atoms with Crippen LogP contribution in [0.5, 0.6) is 0 Å². The van der Waals surface area contributed by atoms with Crippen molar-refractivity contribution in [2.24, 2.45) is 45.3 Å². The predicted octanol–water partition coefficient (Wildman–Crippen LogP) is -1.56. The molecule has 0 amide bonds. The molecular weight excluding hydrogens is 989 g/mol. The van der Waals surface area contributed by atoms with Gasteiger partial charge in [0.2, 0.25) is 0 Å². The lowest BCUT2D eigenvalue weighted by Crippen LogP contribution is -2.68. The zero-order chi connectivity index (χ0) is 55.1. The molecule has 75 heavy (non-hydrogen) atoms. The molecule has 8 aliphatic rings. The van der Waals surface area contributed by atoms with Gasteiger partial charge in [-0.25, -0.2) is 0 Å². The van der Waals surface area contributed by atoms with Crippen LogP contribution in [0.3, 0.4) is 0 Å². The van der Waals surface area contributed by atoms with Crippen molar-refractivity contribution < 1.29 is 109 Å². The molecule has 434 valence electrons. The van der Waals surface area contributed by atoms with Crippen LogP contribution in [-0.4, -0.2) is 232 Å². The molecule has 4 heterocycles. The molecule has 8 fully saturated rings. The Morgan fingerprint density at radius 2 is 1.08 bits per heavy atom. The average molecular weight is 1080 g/mol. The molecule has 29 atom stereocenters. The molecule has 0 unspecified atom stereocenters. The summed E-state index contributed by atoms with van der Waals surface area (Å²) in [4.78, 5) is 0. The highest BCUT2D eigenvalue weighted by atomic mass is 16.8. The molecule has 0 aromatic heterocycles. The van der Waals surface area contributed by atoms with Gasteiger partial charge in [0.15, 0.2) is 25.2 Å². The Morgan fingerprint density at radius 1 is 0.560 bits per heavy atom. The quantitative estimate of drug-likeness (QED) is 0.0614. The third-order valence-electron chi connectivity index (χ3n) is 20.5. The molecule has 4 saturated carbocycles. The molecule has 0 bridgehead atoms. The first-order chi connectivity index (χ1) is 35.1. The number of allylic oxidation sites excluding steroid dienone is 2. The zero-order valence-corrected chi connectivity index (χ0v) is 44.7. The van der Waals surface area contributed by atoms with E-state index >= 15 is 0 Å². The first-order valence-corrected chi connectivity index (χ1v) is 27.3. The fourth-order valence-corrected chi connectivity index (χ4v) is 16.1. The van der Waals surface area contributed by atoms with E-state index in [4.69, 9.17) is 37.9 Å². The van der Waals surface area contributed by atoms with Crippen LogP contribution in [0.2, 0.25) is 0 Å². The second kappa shape index (κ2) is 22.7. The van der Waals surface area contributed by atoms with Gasteiger partial charge in [0.1, 0.15) is 91.6 Å². The van der Waals surface area contributed by atoms with E-state index in [0.29, 0.717) is 38.5 Å². The molecule has 0 aromatic rings. The molecule has 8 rings (SSSR count). The van der Waals surface area contributed by atoms with Gasteiger partial charge in [0, 0.05) is 0 Å². The zero-order valence-electron chi connectivity index (χ0n) is 44.7. The minimum Gasteiger partial charge on any atom is -0.394 e. The first kappa shape index (κ1) is 60.0. The van der Waals surface area contributed by atoms with Crippen molar-refractivity contribution in [2.75, 3.05) is 26.4 Å². The fraction of sp³-hybridized carbons (Fsp3) is 0.962. The van der Waals surface area contributed by atoms with Crippen molar-refractivity contribution in [1.29, 1.82) is 0 Å². The number of hydrogen-bond acceptors (Lipinski definition) is 22. The number of fused-ring (bicyclic) bond motifs is 5. The van der Waals surface area contributed by atoms with Gasteiger partial charge < -0.3 is 109 Å². The summed E-state index contributed by atoms with van der Waals surface area (Å²) in [5.74, 6) is -0.394. The Kier molecular flexibility index (Phi) is 18.1. The standard InChI is InChI=1S/C53H90O22/c1-23(2)10-9-14-53(8,75-47-43(67)39(63)37(61)29(72-47)22-68-45-41(65)36(60)28(21-56)69-45)24-11-16-52(7)33(24)25(57)18-31-50(5)15-13-32(49(3,4)30(50)12-17-51(31,52)6)73-48-44(40(64)35(59)27(20-55)71-48)74-46-42(66)38(62)34(58)26(19-54)70-46/h10,24-48,54-67H,9,11-22H2,1-8H3/t24-,25+,26+,27+,28-,29+,30-,31+,32-,33-,34+,35+,36-,37+,38-,39-,40-,41+,42+,43+,44+,45+,46-,47-,48-,50-,51+,52+,53-/m1/s1. The van der Waals surface area contributed by atoms with Crippen LogP contribution >= 0.6 is 0 Å². The second-order valence-corrected chi connectivity index (χ2v) is 25.3. The van der Waals surface area contributed by atoms with Crippen LogP contribution in [-0.2, 0) is 37.9 Å². The molecule has 0 spiro atoms. The highest BCUT2D eigenvalue weighted by Gasteiger charge is 2.72. The predicted molar refractivity (Wildman–Crippen MR) is 260 cm³/mol. The normalized spacial score (nSPS) is 52.6. The van der Waals surface area contributed by atoms with Gasteiger partial charge in [-0.05, 0) is 124 Å². The highest BCUT2D eigenvalue weighted by molar-refractivity contribution is 5.20. The maximum Gasteiger partial charge on any atom is 0.187 e. The van der Waals surface area contributed by atoms with Gasteiger partial charge in [0.05, 0.1) is 44.2 Å². The van der Waals surface area contributed by atoms with E-state index in [9.17, 15) is 71.5 Å². The van der Waals surface area contributed by atoms with E-state index in [-0.39, 0.29) is 34.5 Å². The molecule has 22 heteroatoms. The molecule has 0 aromatic carbocycles. The van der Waals surface area contributed by atoms with Crippen molar-refractivity contribution in [3.05, 3.63) is 11.6 Å². The van der Waals surface area contributed by atoms with Crippen molar-refractivity contribution >= 4 is 0 Å². The second-order valence-electron chi connectivity index (χ2n) is 25.3. The van der Waals surface area contributed by atoms with Crippen molar-refractivity contribution in [1.82, 2.24) is 0 Å². The summed E-state index contributed by atoms with van der Waals surface area (Å²) >= 11 is 0. The van der Waals surface area contributed by atoms with E-state index in [1.54, 1.807) is 0 Å². The smallest absolute Gasteiger partial charge is 0.187 e. The summed E-state index contributed by atoms with van der Waals surface area (Å²) in [6, 6.07) is 0. The number of hydrogen-bond donors (Lipinski definition) is 14. The Balaban J connectivity index is 1.01. The lowest BCUT2D eigenvalue weighted by atomic mass is 9.35. The SMILES string of the molecule is CC(C)=CCC[C@@](C)(O[C@H]1O[C@@H](CO[C@H]2O[C@H](CO)[C@@H](O)[C@@H]2O)[C@H](O)[C@@H](O)[C@@H]1O)[C@@H]1CC[C@@]2(C)[C@H]1[C@@H](O)C[C@H]1[C@]3(C)CC[C@@H](O[C@H]4O[C@@H](CO)[C@H](O)[C@@H](O)[C@@H]4O[C@H]4O[C@@H](CO)[C@H](O)[C@@H](O)[C@@H]4O)C(C)(C)[C@H]3CC[C@@]12C. The molecule has 14 N–H and O–H groups in total. The van der Waals surface area contributed by atoms with Crippen LogP contribution in [0, 0.1) is 45.3 Å². The summed E-state index contributed by atoms with van der Waals surface area (Å²) < 4.78 is 48.9. The van der Waals surface area contributed by atoms with Crippen molar-refractivity contribution in [2.45, 2.75) is 248 Å². The van der Waals surface area contributed by atoms with Crippen LogP contribution < -0.4 is 0 Å². The first-order valence-electron chi connectivity index (χ1n) is 27.3. The van der Waals surface area contributed by atoms with Gasteiger partial charge in [0.25, 0.3) is 0 Å². The molecule has 22 nitrogen and oxygen atoms in total. The maximum atomic E-state index is 12.8. The molecule has 4 saturated heterocycles. The minimum atomic E-state index is -1.81. The molecule has 4 aliphatic heterocycles. The third kappa shape index (κ3) is 10.5. The lowest BCUT2D eigenvalue weighted by molar-refractivity contribution is -0.378. The van der Waals surface area contributed by atoms with Gasteiger partial charge in [-0.1, -0.05) is 46.3 Å². The van der Waals surface area contributed by atoms with Gasteiger partial charge in [-0.2, -0.15) is 0 Å². The molecule has 0 radical (unpaired) electrons. The Hall–Kier alpha value is -1.14. The molecular formula is C53H90O22. The van der Waals surface area contributed by atoms with E-state index in [1.165, 1.54) is 0 Å². The fourth-order valence-electron chi connectivity index (χ4n) is 16.1. The lowest BCUT2D eigenvalue weighted by Gasteiger charge is -2.71. The summed E-state index contributed by atoms with van der Waals surface area (Å²) in [6.07, 6.45) is -22.1. The van der Waals surface area contributed by atoms with Gasteiger partial charge in [-0.15, -0.1) is 0 Å². The van der Waals surface area contributed by atoms with E-state index < -0.39 is 172 Å². The molecule has 4 aliphatic carbocycles. The van der Waals surface area contributed by atoms with Crippen molar-refractivity contribution in [3.8, 4) is 0 Å². The van der Waals surface area contributed by atoms with Crippen LogP contribution in [0.15, 0.2) is 11.6 Å². The largest absolute Gasteiger partial charge is 0.394 e. The maximum absolute atomic E-state index is 12.8. The van der Waals surface area contributed by atoms with Crippen LogP contribution in [0.1, 0.15) is 113 Å². The number of rotatable bonds is 16. The number of ether oxygens (including phenoxy) is 8. The summed E-state index contributed by atoms with van der Waals surface area (Å²) in [7, 11) is 0. The monoisotopic (exact) mass is 1080 g/mol. The topological polar surface area (TPSA) is 357 Å². The number of aliphatic hydroxyl groups is 14. The van der Waals surface area contributed by atoms with Gasteiger partial charge >= 0.3 is 0 Å². The van der Waals surface area contributed by atoms with E-state index in [2.05, 4.69) is 40.7 Å². The summed E-state index contributed by atoms with van der Waals surface area (Å²) in [5, 5.41) is 151. The van der Waals surface area contributed by atoms with E-state index in [1.807, 2.05) is 20.8 Å². The van der Waals surface area contributed by atoms with Crippen LogP contribution in [0.4, 0.5) is 0 Å². The van der Waals surface area contributed by atoms with Crippen molar-refractivity contribution in [3.63, 3.8) is 0 Å². The highest BCUT2D eigenvalue weighted by Crippen LogP contribution is 2.76.